The fourth-order valence-electron chi connectivity index (χ4n) is 2.36. The molecule has 0 N–H and O–H groups in total. The first-order chi connectivity index (χ1) is 11.2. The van der Waals surface area contributed by atoms with Gasteiger partial charge in [-0.3, -0.25) is 0 Å². The van der Waals surface area contributed by atoms with Crippen LogP contribution in [0.15, 0.2) is 75.9 Å². The number of methoxy groups -OCH3 is 1. The molecule has 1 aromatic heterocycles. The molecule has 0 aliphatic heterocycles. The highest BCUT2D eigenvalue weighted by molar-refractivity contribution is 5.92. The SMILES string of the molecule is COC(=O)c1cc(-c2ccccc2)c(-c2ccccc2)oc1=O. The third kappa shape index (κ3) is 2.92. The normalized spacial score (nSPS) is 10.3. The molecule has 4 nitrogen and oxygen atoms in total. The fraction of sp³-hybridized carbons (Fsp3) is 0.0526. The summed E-state index contributed by atoms with van der Waals surface area (Å²) in [5.41, 5.74) is 1.44. The van der Waals surface area contributed by atoms with Crippen LogP contribution in [0.2, 0.25) is 0 Å². The topological polar surface area (TPSA) is 56.5 Å². The van der Waals surface area contributed by atoms with Crippen LogP contribution in [0.5, 0.6) is 0 Å². The molecule has 3 aromatic rings. The second-order valence-electron chi connectivity index (χ2n) is 4.91. The van der Waals surface area contributed by atoms with Gasteiger partial charge in [-0.2, -0.15) is 0 Å². The Hall–Kier alpha value is -3.14. The van der Waals surface area contributed by atoms with Gasteiger partial charge in [-0.1, -0.05) is 60.7 Å². The standard InChI is InChI=1S/C19H14O4/c1-22-18(20)16-12-15(13-8-4-2-5-9-13)17(23-19(16)21)14-10-6-3-7-11-14/h2-12H,1H3. The minimum atomic E-state index is -0.713. The van der Waals surface area contributed by atoms with Crippen LogP contribution in [0.3, 0.4) is 0 Å². The van der Waals surface area contributed by atoms with Gasteiger partial charge in [0.05, 0.1) is 7.11 Å². The molecule has 23 heavy (non-hydrogen) atoms. The number of hydrogen-bond acceptors (Lipinski definition) is 4. The van der Waals surface area contributed by atoms with E-state index >= 15 is 0 Å². The third-order valence-electron chi connectivity index (χ3n) is 3.47. The molecule has 2 aromatic carbocycles. The molecule has 0 saturated carbocycles. The van der Waals surface area contributed by atoms with Gasteiger partial charge in [0, 0.05) is 11.1 Å². The molecule has 114 valence electrons. The quantitative estimate of drug-likeness (QED) is 0.691. The van der Waals surface area contributed by atoms with E-state index in [0.717, 1.165) is 11.1 Å². The Kier molecular flexibility index (Phi) is 4.06. The molecule has 0 atom stereocenters. The number of esters is 1. The molecule has 3 rings (SSSR count). The van der Waals surface area contributed by atoms with Gasteiger partial charge < -0.3 is 9.15 Å². The van der Waals surface area contributed by atoms with Crippen LogP contribution in [-0.4, -0.2) is 13.1 Å². The summed E-state index contributed by atoms with van der Waals surface area (Å²) in [6.07, 6.45) is 0. The van der Waals surface area contributed by atoms with Crippen molar-refractivity contribution in [1.82, 2.24) is 0 Å². The monoisotopic (exact) mass is 306 g/mol. The lowest BCUT2D eigenvalue weighted by Crippen LogP contribution is -2.16. The van der Waals surface area contributed by atoms with Crippen LogP contribution >= 0.6 is 0 Å². The number of carbonyl (C=O) groups is 1. The van der Waals surface area contributed by atoms with E-state index in [9.17, 15) is 9.59 Å². The Morgan fingerprint density at radius 2 is 1.48 bits per heavy atom. The predicted molar refractivity (Wildman–Crippen MR) is 87.2 cm³/mol. The van der Waals surface area contributed by atoms with Crippen molar-refractivity contribution in [3.63, 3.8) is 0 Å². The van der Waals surface area contributed by atoms with E-state index in [1.165, 1.54) is 13.2 Å². The van der Waals surface area contributed by atoms with Crippen molar-refractivity contribution in [2.24, 2.45) is 0 Å². The largest absolute Gasteiger partial charge is 0.465 e. The molecular weight excluding hydrogens is 292 g/mol. The highest BCUT2D eigenvalue weighted by Gasteiger charge is 2.19. The second kappa shape index (κ2) is 6.32. The van der Waals surface area contributed by atoms with Crippen molar-refractivity contribution in [1.29, 1.82) is 0 Å². The van der Waals surface area contributed by atoms with Gasteiger partial charge in [0.1, 0.15) is 11.3 Å². The Bertz CT molecular complexity index is 880. The zero-order chi connectivity index (χ0) is 16.2. The molecule has 0 radical (unpaired) electrons. The fourth-order valence-corrected chi connectivity index (χ4v) is 2.36. The Morgan fingerprint density at radius 3 is 2.04 bits per heavy atom. The maximum absolute atomic E-state index is 12.1. The zero-order valence-corrected chi connectivity index (χ0v) is 12.5. The van der Waals surface area contributed by atoms with Crippen LogP contribution in [0.25, 0.3) is 22.5 Å². The van der Waals surface area contributed by atoms with Gasteiger partial charge in [0.15, 0.2) is 0 Å². The van der Waals surface area contributed by atoms with Crippen LogP contribution in [-0.2, 0) is 4.74 Å². The van der Waals surface area contributed by atoms with E-state index in [-0.39, 0.29) is 5.56 Å². The van der Waals surface area contributed by atoms with Gasteiger partial charge in [0.2, 0.25) is 0 Å². The van der Waals surface area contributed by atoms with E-state index in [1.807, 2.05) is 60.7 Å². The maximum Gasteiger partial charge on any atom is 0.351 e. The predicted octanol–water partition coefficient (Wildman–Crippen LogP) is 3.76. The molecule has 0 amide bonds. The lowest BCUT2D eigenvalue weighted by Gasteiger charge is -2.10. The molecule has 0 aliphatic rings. The van der Waals surface area contributed by atoms with Gasteiger partial charge in [0.25, 0.3) is 0 Å². The lowest BCUT2D eigenvalue weighted by molar-refractivity contribution is 0.0596. The Balaban J connectivity index is 2.29. The van der Waals surface area contributed by atoms with Crippen LogP contribution < -0.4 is 5.63 Å². The number of rotatable bonds is 3. The van der Waals surface area contributed by atoms with E-state index in [4.69, 9.17) is 4.42 Å². The number of benzene rings is 2. The van der Waals surface area contributed by atoms with Gasteiger partial charge in [-0.15, -0.1) is 0 Å². The van der Waals surface area contributed by atoms with E-state index in [1.54, 1.807) is 0 Å². The first-order valence-corrected chi connectivity index (χ1v) is 7.08. The molecule has 1 heterocycles. The smallest absolute Gasteiger partial charge is 0.351 e. The van der Waals surface area contributed by atoms with Crippen molar-refractivity contribution < 1.29 is 13.9 Å². The van der Waals surface area contributed by atoms with Gasteiger partial charge >= 0.3 is 11.6 Å². The average molecular weight is 306 g/mol. The lowest BCUT2D eigenvalue weighted by atomic mass is 9.99. The van der Waals surface area contributed by atoms with Crippen LogP contribution in [0, 0.1) is 0 Å². The van der Waals surface area contributed by atoms with Crippen molar-refractivity contribution in [3.8, 4) is 22.5 Å². The van der Waals surface area contributed by atoms with Gasteiger partial charge in [-0.05, 0) is 11.6 Å². The Labute approximate surface area is 133 Å². The molecule has 0 spiro atoms. The summed E-state index contributed by atoms with van der Waals surface area (Å²) < 4.78 is 10.1. The number of carbonyl (C=O) groups excluding carboxylic acids is 1. The average Bonchev–Trinajstić information content (AvgIpc) is 2.62. The first kappa shape index (κ1) is 14.8. The molecule has 4 heteroatoms. The molecule has 0 fully saturated rings. The number of hydrogen-bond donors (Lipinski definition) is 0. The van der Waals surface area contributed by atoms with E-state index in [0.29, 0.717) is 11.3 Å². The zero-order valence-electron chi connectivity index (χ0n) is 12.5. The highest BCUT2D eigenvalue weighted by Crippen LogP contribution is 2.31. The number of ether oxygens (including phenoxy) is 1. The summed E-state index contributed by atoms with van der Waals surface area (Å²) in [5, 5.41) is 0. The molecule has 0 unspecified atom stereocenters. The third-order valence-corrected chi connectivity index (χ3v) is 3.47. The maximum atomic E-state index is 12.1. The Morgan fingerprint density at radius 1 is 0.913 bits per heavy atom. The van der Waals surface area contributed by atoms with E-state index < -0.39 is 11.6 Å². The molecule has 0 saturated heterocycles. The van der Waals surface area contributed by atoms with Crippen LogP contribution in [0.4, 0.5) is 0 Å². The summed E-state index contributed by atoms with van der Waals surface area (Å²) in [4.78, 5) is 23.9. The summed E-state index contributed by atoms with van der Waals surface area (Å²) in [6.45, 7) is 0. The summed E-state index contributed by atoms with van der Waals surface area (Å²) in [7, 11) is 1.23. The second-order valence-corrected chi connectivity index (χ2v) is 4.91. The van der Waals surface area contributed by atoms with Gasteiger partial charge in [-0.25, -0.2) is 9.59 Å². The van der Waals surface area contributed by atoms with Crippen LogP contribution in [0.1, 0.15) is 10.4 Å². The van der Waals surface area contributed by atoms with E-state index in [2.05, 4.69) is 4.74 Å². The minimum absolute atomic E-state index is 0.119. The van der Waals surface area contributed by atoms with Crippen molar-refractivity contribution in [2.75, 3.05) is 7.11 Å². The highest BCUT2D eigenvalue weighted by atomic mass is 16.5. The minimum Gasteiger partial charge on any atom is -0.465 e. The van der Waals surface area contributed by atoms with Crippen molar-refractivity contribution in [3.05, 3.63) is 82.7 Å². The molecule has 0 aliphatic carbocycles. The molecule has 0 bridgehead atoms. The first-order valence-electron chi connectivity index (χ1n) is 7.08. The van der Waals surface area contributed by atoms with Crippen molar-refractivity contribution in [2.45, 2.75) is 0 Å². The summed E-state index contributed by atoms with van der Waals surface area (Å²) >= 11 is 0. The molecular formula is C19H14O4. The van der Waals surface area contributed by atoms with Crippen molar-refractivity contribution >= 4 is 5.97 Å². The summed E-state index contributed by atoms with van der Waals surface area (Å²) in [5.74, 6) is -0.287. The summed E-state index contributed by atoms with van der Waals surface area (Å²) in [6, 6.07) is 20.3.